The summed E-state index contributed by atoms with van der Waals surface area (Å²) in [5, 5.41) is 19.9. The Hall–Kier alpha value is -3.13. The molecule has 120 valence electrons. The first-order valence-electron chi connectivity index (χ1n) is 7.75. The van der Waals surface area contributed by atoms with E-state index in [1.54, 1.807) is 18.2 Å². The molecule has 5 nitrogen and oxygen atoms in total. The zero-order valence-electron chi connectivity index (χ0n) is 13.7. The molecule has 0 aliphatic carbocycles. The first kappa shape index (κ1) is 15.8. The van der Waals surface area contributed by atoms with Crippen LogP contribution in [-0.4, -0.2) is 28.7 Å². The minimum atomic E-state index is 0.148. The molecule has 3 rings (SSSR count). The highest BCUT2D eigenvalue weighted by Gasteiger charge is 2.14. The van der Waals surface area contributed by atoms with E-state index in [1.807, 2.05) is 43.1 Å². The average Bonchev–Trinajstić information content (AvgIpc) is 2.58. The van der Waals surface area contributed by atoms with Gasteiger partial charge < -0.3 is 10.0 Å². The summed E-state index contributed by atoms with van der Waals surface area (Å²) in [4.78, 5) is 11.2. The van der Waals surface area contributed by atoms with Gasteiger partial charge in [-0.25, -0.2) is 9.97 Å². The Bertz CT molecular complexity index is 930. The highest BCUT2D eigenvalue weighted by Crippen LogP contribution is 2.31. The number of aromatic nitrogens is 2. The van der Waals surface area contributed by atoms with Crippen molar-refractivity contribution in [2.24, 2.45) is 0 Å². The van der Waals surface area contributed by atoms with Crippen LogP contribution in [0.2, 0.25) is 0 Å². The Morgan fingerprint density at radius 2 is 1.96 bits per heavy atom. The summed E-state index contributed by atoms with van der Waals surface area (Å²) in [5.74, 6) is 1.38. The van der Waals surface area contributed by atoms with E-state index < -0.39 is 0 Å². The van der Waals surface area contributed by atoms with Crippen LogP contribution in [-0.2, 0) is 0 Å². The Kier molecular flexibility index (Phi) is 4.30. The third-order valence-corrected chi connectivity index (χ3v) is 3.90. The molecule has 0 aliphatic rings. The zero-order chi connectivity index (χ0) is 17.1. The molecule has 1 N–H and O–H groups in total. The molecule has 24 heavy (non-hydrogen) atoms. The van der Waals surface area contributed by atoms with Crippen LogP contribution < -0.4 is 4.90 Å². The second-order valence-electron chi connectivity index (χ2n) is 5.74. The van der Waals surface area contributed by atoms with Gasteiger partial charge in [-0.1, -0.05) is 18.2 Å². The van der Waals surface area contributed by atoms with Gasteiger partial charge in [-0.3, -0.25) is 0 Å². The fourth-order valence-electron chi connectivity index (χ4n) is 2.62. The lowest BCUT2D eigenvalue weighted by Crippen LogP contribution is -2.20. The maximum atomic E-state index is 10.1. The second kappa shape index (κ2) is 6.55. The van der Waals surface area contributed by atoms with Gasteiger partial charge in [0.25, 0.3) is 0 Å². The summed E-state index contributed by atoms with van der Waals surface area (Å²) in [6.07, 6.45) is 0.416. The molecule has 0 bridgehead atoms. The lowest BCUT2D eigenvalue weighted by molar-refractivity contribution is 0.477. The van der Waals surface area contributed by atoms with Crippen LogP contribution in [0.3, 0.4) is 0 Å². The molecular formula is C19H18N4O. The minimum absolute atomic E-state index is 0.148. The summed E-state index contributed by atoms with van der Waals surface area (Å²) in [6, 6.07) is 15.2. The molecular weight excluding hydrogens is 300 g/mol. The van der Waals surface area contributed by atoms with Gasteiger partial charge in [0.15, 0.2) is 5.82 Å². The molecule has 0 spiro atoms. The van der Waals surface area contributed by atoms with Gasteiger partial charge >= 0.3 is 0 Å². The molecule has 0 saturated carbocycles. The quantitative estimate of drug-likeness (QED) is 0.794. The van der Waals surface area contributed by atoms with Crippen molar-refractivity contribution < 1.29 is 5.11 Å². The largest absolute Gasteiger partial charge is 0.507 e. The predicted molar refractivity (Wildman–Crippen MR) is 94.9 cm³/mol. The number of anilines is 1. The van der Waals surface area contributed by atoms with Crippen molar-refractivity contribution in [1.29, 1.82) is 5.26 Å². The number of nitrogens with zero attached hydrogens (tertiary/aromatic N) is 4. The monoisotopic (exact) mass is 318 g/mol. The maximum absolute atomic E-state index is 10.1. The van der Waals surface area contributed by atoms with Gasteiger partial charge in [-0.15, -0.1) is 0 Å². The van der Waals surface area contributed by atoms with E-state index in [1.165, 1.54) is 0 Å². The van der Waals surface area contributed by atoms with Crippen LogP contribution in [0.1, 0.15) is 12.0 Å². The van der Waals surface area contributed by atoms with Crippen molar-refractivity contribution in [3.05, 3.63) is 48.0 Å². The number of phenolic OH excluding ortho intramolecular Hbond substituents is 1. The third kappa shape index (κ3) is 2.99. The maximum Gasteiger partial charge on any atom is 0.165 e. The number of aromatic hydroxyl groups is 1. The van der Waals surface area contributed by atoms with Crippen molar-refractivity contribution in [3.63, 3.8) is 0 Å². The highest BCUT2D eigenvalue weighted by molar-refractivity contribution is 5.91. The number of rotatable bonds is 4. The predicted octanol–water partition coefficient (Wildman–Crippen LogP) is 3.66. The Morgan fingerprint density at radius 1 is 1.17 bits per heavy atom. The van der Waals surface area contributed by atoms with Crippen molar-refractivity contribution in [1.82, 2.24) is 9.97 Å². The number of fused-ring (bicyclic) bond motifs is 1. The highest BCUT2D eigenvalue weighted by atomic mass is 16.3. The first-order valence-corrected chi connectivity index (χ1v) is 7.75. The van der Waals surface area contributed by atoms with E-state index >= 15 is 0 Å². The van der Waals surface area contributed by atoms with Gasteiger partial charge in [-0.2, -0.15) is 5.26 Å². The number of nitriles is 1. The van der Waals surface area contributed by atoms with Gasteiger partial charge in [0.1, 0.15) is 11.6 Å². The van der Waals surface area contributed by atoms with Gasteiger partial charge in [0.2, 0.25) is 0 Å². The van der Waals surface area contributed by atoms with Crippen LogP contribution in [0.25, 0.3) is 22.3 Å². The summed E-state index contributed by atoms with van der Waals surface area (Å²) in [6.45, 7) is 2.59. The van der Waals surface area contributed by atoms with Crippen LogP contribution in [0.15, 0.2) is 42.5 Å². The van der Waals surface area contributed by atoms with Crippen molar-refractivity contribution in [3.8, 4) is 23.2 Å². The number of para-hydroxylation sites is 1. The SMILES string of the molecule is Cc1ccc2c(N(C)CCC#N)nc(-c3ccccc3O)nc2c1. The Morgan fingerprint density at radius 3 is 2.71 bits per heavy atom. The van der Waals surface area contributed by atoms with E-state index in [0.29, 0.717) is 24.4 Å². The number of aryl methyl sites for hydroxylation is 1. The fraction of sp³-hybridized carbons (Fsp3) is 0.211. The average molecular weight is 318 g/mol. The number of hydrogen-bond acceptors (Lipinski definition) is 5. The van der Waals surface area contributed by atoms with E-state index in [9.17, 15) is 5.11 Å². The normalized spacial score (nSPS) is 10.5. The molecule has 1 aromatic heterocycles. The lowest BCUT2D eigenvalue weighted by atomic mass is 10.1. The van der Waals surface area contributed by atoms with Gasteiger partial charge in [0.05, 0.1) is 23.6 Å². The number of hydrogen-bond donors (Lipinski definition) is 1. The molecule has 0 saturated heterocycles. The summed E-state index contributed by atoms with van der Waals surface area (Å²) >= 11 is 0. The topological polar surface area (TPSA) is 73.0 Å². The van der Waals surface area contributed by atoms with E-state index in [2.05, 4.69) is 16.0 Å². The van der Waals surface area contributed by atoms with Gasteiger partial charge in [-0.05, 0) is 36.8 Å². The standard InChI is InChI=1S/C19H18N4O/c1-13-8-9-14-16(12-13)21-18(15-6-3-4-7-17(15)24)22-19(14)23(2)11-5-10-20/h3-4,6-9,12,24H,5,11H2,1-2H3. The van der Waals surface area contributed by atoms with Crippen LogP contribution in [0.5, 0.6) is 5.75 Å². The van der Waals surface area contributed by atoms with Crippen molar-refractivity contribution in [2.75, 3.05) is 18.5 Å². The molecule has 0 radical (unpaired) electrons. The summed E-state index contributed by atoms with van der Waals surface area (Å²) < 4.78 is 0. The molecule has 0 fully saturated rings. The fourth-order valence-corrected chi connectivity index (χ4v) is 2.62. The molecule has 2 aromatic carbocycles. The molecule has 1 heterocycles. The van der Waals surface area contributed by atoms with E-state index in [0.717, 1.165) is 22.3 Å². The summed E-state index contributed by atoms with van der Waals surface area (Å²) in [7, 11) is 1.91. The summed E-state index contributed by atoms with van der Waals surface area (Å²) in [5.41, 5.74) is 2.52. The molecule has 0 unspecified atom stereocenters. The molecule has 0 atom stereocenters. The zero-order valence-corrected chi connectivity index (χ0v) is 13.7. The number of phenols is 1. The van der Waals surface area contributed by atoms with E-state index in [-0.39, 0.29) is 5.75 Å². The molecule has 0 amide bonds. The van der Waals surface area contributed by atoms with Crippen LogP contribution in [0.4, 0.5) is 5.82 Å². The minimum Gasteiger partial charge on any atom is -0.507 e. The second-order valence-corrected chi connectivity index (χ2v) is 5.74. The number of benzene rings is 2. The lowest BCUT2D eigenvalue weighted by Gasteiger charge is -2.19. The van der Waals surface area contributed by atoms with Crippen LogP contribution in [0, 0.1) is 18.3 Å². The Balaban J connectivity index is 2.21. The van der Waals surface area contributed by atoms with E-state index in [4.69, 9.17) is 5.26 Å². The first-order chi connectivity index (χ1) is 11.6. The van der Waals surface area contributed by atoms with Gasteiger partial charge in [0, 0.05) is 19.0 Å². The smallest absolute Gasteiger partial charge is 0.165 e. The third-order valence-electron chi connectivity index (χ3n) is 3.90. The Labute approximate surface area is 140 Å². The molecule has 3 aromatic rings. The van der Waals surface area contributed by atoms with Crippen molar-refractivity contribution in [2.45, 2.75) is 13.3 Å². The van der Waals surface area contributed by atoms with Crippen molar-refractivity contribution >= 4 is 16.7 Å². The molecule has 0 aliphatic heterocycles. The molecule has 5 heteroatoms. The van der Waals surface area contributed by atoms with Crippen LogP contribution >= 0.6 is 0 Å².